The lowest BCUT2D eigenvalue weighted by molar-refractivity contribution is 0.168. The number of carbonyl (C=O) groups excluding carboxylic acids is 1. The van der Waals surface area contributed by atoms with Crippen molar-refractivity contribution in [2.75, 3.05) is 13.1 Å². The van der Waals surface area contributed by atoms with Crippen LogP contribution in [0.15, 0.2) is 42.7 Å². The van der Waals surface area contributed by atoms with Crippen LogP contribution in [-0.2, 0) is 6.54 Å². The quantitative estimate of drug-likeness (QED) is 0.872. The summed E-state index contributed by atoms with van der Waals surface area (Å²) in [4.78, 5) is 14.1. The zero-order valence-corrected chi connectivity index (χ0v) is 14.2. The molecule has 1 aromatic carbocycles. The molecule has 3 rings (SSSR count). The smallest absolute Gasteiger partial charge is 0.318 e. The molecule has 2 aromatic rings. The van der Waals surface area contributed by atoms with E-state index >= 15 is 0 Å². The van der Waals surface area contributed by atoms with E-state index in [0.29, 0.717) is 25.1 Å². The van der Waals surface area contributed by atoms with Gasteiger partial charge in [0, 0.05) is 32.0 Å². The Kier molecular flexibility index (Phi) is 5.33. The fourth-order valence-electron chi connectivity index (χ4n) is 3.22. The number of aromatic nitrogens is 2. The molecule has 0 unspecified atom stereocenters. The van der Waals surface area contributed by atoms with Crippen LogP contribution in [0.2, 0.25) is 0 Å². The van der Waals surface area contributed by atoms with Crippen molar-refractivity contribution >= 4 is 6.03 Å². The van der Waals surface area contributed by atoms with Crippen molar-refractivity contribution in [3.05, 3.63) is 54.1 Å². The number of nitrogens with one attached hydrogen (secondary N) is 1. The number of aliphatic hydroxyl groups excluding tert-OH is 1. The molecule has 2 N–H and O–H groups in total. The van der Waals surface area contributed by atoms with Gasteiger partial charge in [-0.1, -0.05) is 19.1 Å². The third-order valence-electron chi connectivity index (χ3n) is 4.43. The number of hydrogen-bond donors (Lipinski definition) is 2. The normalized spacial score (nSPS) is 21.3. The van der Waals surface area contributed by atoms with Crippen LogP contribution in [0.25, 0.3) is 0 Å². The van der Waals surface area contributed by atoms with Gasteiger partial charge in [0.1, 0.15) is 5.82 Å². The predicted molar refractivity (Wildman–Crippen MR) is 91.3 cm³/mol. The van der Waals surface area contributed by atoms with Crippen molar-refractivity contribution in [2.24, 2.45) is 5.92 Å². The van der Waals surface area contributed by atoms with E-state index in [1.807, 2.05) is 23.9 Å². The van der Waals surface area contributed by atoms with Crippen LogP contribution < -0.4 is 5.32 Å². The van der Waals surface area contributed by atoms with Crippen molar-refractivity contribution in [3.8, 4) is 0 Å². The number of benzene rings is 1. The molecule has 2 heterocycles. The molecule has 134 valence electrons. The summed E-state index contributed by atoms with van der Waals surface area (Å²) in [6, 6.07) is 7.51. The highest BCUT2D eigenvalue weighted by Gasteiger charge is 2.35. The highest BCUT2D eigenvalue weighted by atomic mass is 19.1. The molecule has 3 atom stereocenters. The Hall–Kier alpha value is -2.41. The van der Waals surface area contributed by atoms with Gasteiger partial charge in [-0.25, -0.2) is 9.18 Å². The maximum Gasteiger partial charge on any atom is 0.318 e. The predicted octanol–water partition coefficient (Wildman–Crippen LogP) is 2.18. The Morgan fingerprint density at radius 2 is 2.32 bits per heavy atom. The van der Waals surface area contributed by atoms with Crippen LogP contribution in [0.1, 0.15) is 24.9 Å². The fraction of sp³-hybridized carbons (Fsp3) is 0.444. The van der Waals surface area contributed by atoms with Crippen molar-refractivity contribution in [1.82, 2.24) is 20.0 Å². The van der Waals surface area contributed by atoms with Gasteiger partial charge in [0.15, 0.2) is 0 Å². The molecular weight excluding hydrogens is 323 g/mol. The summed E-state index contributed by atoms with van der Waals surface area (Å²) in [5.74, 6) is -0.129. The van der Waals surface area contributed by atoms with Gasteiger partial charge in [-0.2, -0.15) is 5.10 Å². The van der Waals surface area contributed by atoms with Gasteiger partial charge < -0.3 is 15.3 Å². The number of rotatable bonds is 5. The lowest BCUT2D eigenvalue weighted by Crippen LogP contribution is -2.42. The number of hydrogen-bond acceptors (Lipinski definition) is 3. The van der Waals surface area contributed by atoms with Gasteiger partial charge >= 0.3 is 6.03 Å². The summed E-state index contributed by atoms with van der Waals surface area (Å²) in [6.45, 7) is 3.50. The van der Waals surface area contributed by atoms with Crippen LogP contribution >= 0.6 is 0 Å². The molecule has 1 aliphatic rings. The molecule has 0 radical (unpaired) electrons. The van der Waals surface area contributed by atoms with Crippen molar-refractivity contribution < 1.29 is 14.3 Å². The summed E-state index contributed by atoms with van der Waals surface area (Å²) >= 11 is 0. The number of urea groups is 1. The molecule has 1 aromatic heterocycles. The SMILES string of the molecule is C[C@H](CNC(=O)N1C[C@H](O)C[C@H]1c1cccc(F)c1)Cn1cccn1. The topological polar surface area (TPSA) is 70.4 Å². The van der Waals surface area contributed by atoms with E-state index < -0.39 is 6.10 Å². The number of aliphatic hydroxyl groups is 1. The number of nitrogens with zero attached hydrogens (tertiary/aromatic N) is 3. The molecule has 0 bridgehead atoms. The number of halogens is 1. The molecule has 0 aliphatic carbocycles. The third-order valence-corrected chi connectivity index (χ3v) is 4.43. The Bertz CT molecular complexity index is 707. The summed E-state index contributed by atoms with van der Waals surface area (Å²) in [5, 5.41) is 17.0. The maximum absolute atomic E-state index is 13.5. The van der Waals surface area contributed by atoms with Crippen LogP contribution in [0.5, 0.6) is 0 Å². The highest BCUT2D eigenvalue weighted by Crippen LogP contribution is 2.32. The molecule has 1 aliphatic heterocycles. The van der Waals surface area contributed by atoms with Crippen molar-refractivity contribution in [1.29, 1.82) is 0 Å². The minimum absolute atomic E-state index is 0.212. The van der Waals surface area contributed by atoms with Gasteiger partial charge in [0.05, 0.1) is 12.1 Å². The minimum Gasteiger partial charge on any atom is -0.391 e. The number of likely N-dealkylation sites (tertiary alicyclic amines) is 1. The highest BCUT2D eigenvalue weighted by molar-refractivity contribution is 5.75. The van der Waals surface area contributed by atoms with Crippen LogP contribution in [0.4, 0.5) is 9.18 Å². The lowest BCUT2D eigenvalue weighted by atomic mass is 10.0. The molecular formula is C18H23FN4O2. The van der Waals surface area contributed by atoms with Gasteiger partial charge in [-0.15, -0.1) is 0 Å². The van der Waals surface area contributed by atoms with Crippen LogP contribution in [0, 0.1) is 11.7 Å². The summed E-state index contributed by atoms with van der Waals surface area (Å²) in [7, 11) is 0. The molecule has 0 spiro atoms. The fourth-order valence-corrected chi connectivity index (χ4v) is 3.22. The summed E-state index contributed by atoms with van der Waals surface area (Å²) in [6.07, 6.45) is 3.43. The first-order valence-electron chi connectivity index (χ1n) is 8.48. The second kappa shape index (κ2) is 7.65. The lowest BCUT2D eigenvalue weighted by Gasteiger charge is -2.26. The van der Waals surface area contributed by atoms with E-state index in [1.54, 1.807) is 23.2 Å². The van der Waals surface area contributed by atoms with Crippen molar-refractivity contribution in [2.45, 2.75) is 32.0 Å². The maximum atomic E-state index is 13.5. The Morgan fingerprint density at radius 3 is 3.04 bits per heavy atom. The molecule has 0 saturated carbocycles. The largest absolute Gasteiger partial charge is 0.391 e. The van der Waals surface area contributed by atoms with E-state index in [0.717, 1.165) is 0 Å². The van der Waals surface area contributed by atoms with E-state index in [9.17, 15) is 14.3 Å². The minimum atomic E-state index is -0.597. The molecule has 1 fully saturated rings. The van der Waals surface area contributed by atoms with E-state index in [2.05, 4.69) is 10.4 Å². The molecule has 7 heteroatoms. The zero-order valence-electron chi connectivity index (χ0n) is 14.2. The second-order valence-electron chi connectivity index (χ2n) is 6.63. The molecule has 6 nitrogen and oxygen atoms in total. The van der Waals surface area contributed by atoms with Gasteiger partial charge in [-0.3, -0.25) is 4.68 Å². The first kappa shape index (κ1) is 17.4. The monoisotopic (exact) mass is 346 g/mol. The standard InChI is InChI=1S/C18H23FN4O2/c1-13(11-22-7-3-6-21-22)10-20-18(25)23-12-16(24)9-17(23)14-4-2-5-15(19)8-14/h2-8,13,16-17,24H,9-12H2,1H3,(H,20,25)/t13-,16-,17+/m1/s1. The number of amides is 2. The first-order chi connectivity index (χ1) is 12.0. The Balaban J connectivity index is 1.59. The molecule has 1 saturated heterocycles. The second-order valence-corrected chi connectivity index (χ2v) is 6.63. The molecule has 25 heavy (non-hydrogen) atoms. The average Bonchev–Trinajstić information content (AvgIpc) is 3.22. The first-order valence-corrected chi connectivity index (χ1v) is 8.48. The Morgan fingerprint density at radius 1 is 1.48 bits per heavy atom. The zero-order chi connectivity index (χ0) is 17.8. The van der Waals surface area contributed by atoms with Crippen LogP contribution in [-0.4, -0.2) is 45.0 Å². The van der Waals surface area contributed by atoms with Gasteiger partial charge in [0.25, 0.3) is 0 Å². The number of carbonyl (C=O) groups is 1. The van der Waals surface area contributed by atoms with E-state index in [-0.39, 0.29) is 30.4 Å². The van der Waals surface area contributed by atoms with Gasteiger partial charge in [0.2, 0.25) is 0 Å². The Labute approximate surface area is 146 Å². The van der Waals surface area contributed by atoms with Gasteiger partial charge in [-0.05, 0) is 36.1 Å². The van der Waals surface area contributed by atoms with E-state index in [4.69, 9.17) is 0 Å². The van der Waals surface area contributed by atoms with Crippen molar-refractivity contribution in [3.63, 3.8) is 0 Å². The van der Waals surface area contributed by atoms with E-state index in [1.165, 1.54) is 12.1 Å². The third kappa shape index (κ3) is 4.36. The summed E-state index contributed by atoms with van der Waals surface area (Å²) in [5.41, 5.74) is 0.705. The summed E-state index contributed by atoms with van der Waals surface area (Å²) < 4.78 is 15.3. The molecule has 2 amide bonds. The van der Waals surface area contributed by atoms with Crippen LogP contribution in [0.3, 0.4) is 0 Å². The average molecular weight is 346 g/mol. The number of β-amino-alcohol motifs (C(OH)–C–C–N with tert-alkyl or cyclic N) is 1.